The van der Waals surface area contributed by atoms with Crippen LogP contribution in [-0.4, -0.2) is 43.7 Å². The fourth-order valence-electron chi connectivity index (χ4n) is 2.40. The minimum Gasteiger partial charge on any atom is -0.467 e. The molecule has 0 aromatic heterocycles. The second kappa shape index (κ2) is 5.92. The highest BCUT2D eigenvalue weighted by Crippen LogP contribution is 2.31. The Balaban J connectivity index is 2.24. The Kier molecular flexibility index (Phi) is 4.47. The fraction of sp³-hybridized carbons (Fsp3) is 0.500. The van der Waals surface area contributed by atoms with Crippen LogP contribution in [0, 0.1) is 0 Å². The third-order valence-corrected chi connectivity index (χ3v) is 4.36. The third-order valence-electron chi connectivity index (χ3n) is 3.66. The van der Waals surface area contributed by atoms with E-state index >= 15 is 0 Å². The average Bonchev–Trinajstić information content (AvgIpc) is 2.43. The van der Waals surface area contributed by atoms with Crippen molar-refractivity contribution in [3.05, 3.63) is 28.7 Å². The average molecular weight is 327 g/mol. The van der Waals surface area contributed by atoms with Gasteiger partial charge in [0, 0.05) is 23.2 Å². The summed E-state index contributed by atoms with van der Waals surface area (Å²) in [6.45, 7) is 1.76. The van der Waals surface area contributed by atoms with E-state index in [0.29, 0.717) is 0 Å². The first kappa shape index (κ1) is 14.3. The summed E-state index contributed by atoms with van der Waals surface area (Å²) >= 11 is 3.51. The molecule has 0 bridgehead atoms. The molecule has 1 aliphatic rings. The topological polar surface area (TPSA) is 41.6 Å². The number of nitrogens with one attached hydrogen (secondary N) is 1. The van der Waals surface area contributed by atoms with Gasteiger partial charge in [0.25, 0.3) is 0 Å². The molecule has 0 atom stereocenters. The summed E-state index contributed by atoms with van der Waals surface area (Å²) in [7, 11) is 3.52. The first-order valence-corrected chi connectivity index (χ1v) is 7.16. The van der Waals surface area contributed by atoms with E-state index in [1.54, 1.807) is 0 Å². The number of hydrogen-bond acceptors (Lipinski definition) is 4. The molecule has 0 radical (unpaired) electrons. The number of esters is 1. The number of methoxy groups -OCH3 is 1. The van der Waals surface area contributed by atoms with Crippen LogP contribution in [0.3, 0.4) is 0 Å². The standard InChI is InChI=1S/C14H19BrN2O2/c1-17-9-7-14(8-10-17,13(18)19-2)16-12-6-4-3-5-11(12)15/h3-6,16H,7-10H2,1-2H3. The predicted octanol–water partition coefficient (Wildman–Crippen LogP) is 2.50. The van der Waals surface area contributed by atoms with Gasteiger partial charge in [-0.2, -0.15) is 0 Å². The summed E-state index contributed by atoms with van der Waals surface area (Å²) in [6, 6.07) is 7.83. The van der Waals surface area contributed by atoms with Crippen molar-refractivity contribution in [1.82, 2.24) is 4.90 Å². The minimum atomic E-state index is -0.620. The van der Waals surface area contributed by atoms with Gasteiger partial charge in [-0.3, -0.25) is 0 Å². The Hall–Kier alpha value is -1.07. The molecule has 19 heavy (non-hydrogen) atoms. The zero-order chi connectivity index (χ0) is 13.9. The number of piperidine rings is 1. The zero-order valence-corrected chi connectivity index (χ0v) is 12.9. The molecule has 1 saturated heterocycles. The lowest BCUT2D eigenvalue weighted by Crippen LogP contribution is -2.54. The van der Waals surface area contributed by atoms with Crippen LogP contribution >= 0.6 is 15.9 Å². The molecular weight excluding hydrogens is 308 g/mol. The first-order valence-electron chi connectivity index (χ1n) is 6.37. The first-order chi connectivity index (χ1) is 9.07. The van der Waals surface area contributed by atoms with Crippen LogP contribution in [0.1, 0.15) is 12.8 Å². The van der Waals surface area contributed by atoms with Gasteiger partial charge < -0.3 is 15.0 Å². The maximum absolute atomic E-state index is 12.2. The number of hydrogen-bond donors (Lipinski definition) is 1. The van der Waals surface area contributed by atoms with Crippen LogP contribution in [0.5, 0.6) is 0 Å². The molecule has 1 aromatic carbocycles. The van der Waals surface area contributed by atoms with E-state index in [2.05, 4.69) is 33.2 Å². The quantitative estimate of drug-likeness (QED) is 0.866. The number of anilines is 1. The van der Waals surface area contributed by atoms with Crippen molar-refractivity contribution in [3.8, 4) is 0 Å². The minimum absolute atomic E-state index is 0.184. The summed E-state index contributed by atoms with van der Waals surface area (Å²) in [5.41, 5.74) is 0.308. The highest BCUT2D eigenvalue weighted by Gasteiger charge is 2.42. The lowest BCUT2D eigenvalue weighted by Gasteiger charge is -2.39. The lowest BCUT2D eigenvalue weighted by molar-refractivity contribution is -0.147. The molecule has 1 aromatic rings. The highest BCUT2D eigenvalue weighted by molar-refractivity contribution is 9.10. The van der Waals surface area contributed by atoms with Crippen molar-refractivity contribution < 1.29 is 9.53 Å². The lowest BCUT2D eigenvalue weighted by atomic mass is 9.87. The molecule has 1 heterocycles. The molecule has 5 heteroatoms. The molecule has 0 amide bonds. The molecule has 1 N–H and O–H groups in total. The maximum Gasteiger partial charge on any atom is 0.331 e. The van der Waals surface area contributed by atoms with Crippen molar-refractivity contribution in [2.24, 2.45) is 0 Å². The number of likely N-dealkylation sites (tertiary alicyclic amines) is 1. The second-order valence-corrected chi connectivity index (χ2v) is 5.84. The Morgan fingerprint density at radius 2 is 2.00 bits per heavy atom. The van der Waals surface area contributed by atoms with E-state index < -0.39 is 5.54 Å². The molecular formula is C14H19BrN2O2. The van der Waals surface area contributed by atoms with Crippen molar-refractivity contribution in [3.63, 3.8) is 0 Å². The van der Waals surface area contributed by atoms with Crippen molar-refractivity contribution in [1.29, 1.82) is 0 Å². The number of carbonyl (C=O) groups is 1. The van der Waals surface area contributed by atoms with Crippen LogP contribution in [0.15, 0.2) is 28.7 Å². The molecule has 0 unspecified atom stereocenters. The molecule has 1 fully saturated rings. The van der Waals surface area contributed by atoms with Crippen LogP contribution in [0.2, 0.25) is 0 Å². The third kappa shape index (κ3) is 3.09. The van der Waals surface area contributed by atoms with Crippen molar-refractivity contribution >= 4 is 27.6 Å². The van der Waals surface area contributed by atoms with E-state index in [1.807, 2.05) is 24.3 Å². The number of ether oxygens (including phenoxy) is 1. The number of rotatable bonds is 3. The van der Waals surface area contributed by atoms with E-state index in [-0.39, 0.29) is 5.97 Å². The SMILES string of the molecule is COC(=O)C1(Nc2ccccc2Br)CCN(C)CC1. The summed E-state index contributed by atoms with van der Waals surface area (Å²) in [5, 5.41) is 3.39. The summed E-state index contributed by atoms with van der Waals surface area (Å²) in [4.78, 5) is 14.4. The number of benzene rings is 1. The Morgan fingerprint density at radius 3 is 2.58 bits per heavy atom. The highest BCUT2D eigenvalue weighted by atomic mass is 79.9. The smallest absolute Gasteiger partial charge is 0.331 e. The molecule has 0 spiro atoms. The Labute approximate surface area is 122 Å². The molecule has 0 saturated carbocycles. The van der Waals surface area contributed by atoms with Crippen molar-refractivity contribution in [2.75, 3.05) is 32.6 Å². The van der Waals surface area contributed by atoms with Gasteiger partial charge in [0.2, 0.25) is 0 Å². The molecule has 104 valence electrons. The summed E-state index contributed by atoms with van der Waals surface area (Å²) in [5.74, 6) is -0.184. The number of nitrogens with zero attached hydrogens (tertiary/aromatic N) is 1. The number of carbonyl (C=O) groups excluding carboxylic acids is 1. The van der Waals surface area contributed by atoms with Gasteiger partial charge in [0.05, 0.1) is 7.11 Å². The summed E-state index contributed by atoms with van der Waals surface area (Å²) < 4.78 is 5.96. The number of para-hydroxylation sites is 1. The molecule has 1 aliphatic heterocycles. The van der Waals surface area contributed by atoms with Gasteiger partial charge in [0.1, 0.15) is 5.54 Å². The van der Waals surface area contributed by atoms with Gasteiger partial charge in [0.15, 0.2) is 0 Å². The predicted molar refractivity (Wildman–Crippen MR) is 79.2 cm³/mol. The largest absolute Gasteiger partial charge is 0.467 e. The van der Waals surface area contributed by atoms with Gasteiger partial charge in [-0.05, 0) is 48.0 Å². The van der Waals surface area contributed by atoms with E-state index in [9.17, 15) is 4.79 Å². The summed E-state index contributed by atoms with van der Waals surface area (Å²) in [6.07, 6.45) is 1.50. The maximum atomic E-state index is 12.2. The van der Waals surface area contributed by atoms with Gasteiger partial charge in [-0.1, -0.05) is 12.1 Å². The van der Waals surface area contributed by atoms with Crippen LogP contribution in [0.25, 0.3) is 0 Å². The second-order valence-electron chi connectivity index (χ2n) is 4.98. The van der Waals surface area contributed by atoms with Gasteiger partial charge in [-0.15, -0.1) is 0 Å². The monoisotopic (exact) mass is 326 g/mol. The van der Waals surface area contributed by atoms with Crippen LogP contribution in [0.4, 0.5) is 5.69 Å². The molecule has 2 rings (SSSR count). The van der Waals surface area contributed by atoms with E-state index in [1.165, 1.54) is 7.11 Å². The normalized spacial score (nSPS) is 18.9. The molecule has 0 aliphatic carbocycles. The van der Waals surface area contributed by atoms with Gasteiger partial charge >= 0.3 is 5.97 Å². The van der Waals surface area contributed by atoms with Crippen LogP contribution < -0.4 is 5.32 Å². The van der Waals surface area contributed by atoms with E-state index in [0.717, 1.165) is 36.1 Å². The zero-order valence-electron chi connectivity index (χ0n) is 11.3. The van der Waals surface area contributed by atoms with Crippen LogP contribution in [-0.2, 0) is 9.53 Å². The Bertz CT molecular complexity index is 457. The van der Waals surface area contributed by atoms with Crippen molar-refractivity contribution in [2.45, 2.75) is 18.4 Å². The van der Waals surface area contributed by atoms with Gasteiger partial charge in [-0.25, -0.2) is 4.79 Å². The van der Waals surface area contributed by atoms with E-state index in [4.69, 9.17) is 4.74 Å². The fourth-order valence-corrected chi connectivity index (χ4v) is 2.78. The number of halogens is 1. The Morgan fingerprint density at radius 1 is 1.37 bits per heavy atom. The molecule has 4 nitrogen and oxygen atoms in total.